The van der Waals surface area contributed by atoms with Crippen molar-refractivity contribution in [3.8, 4) is 0 Å². The van der Waals surface area contributed by atoms with Crippen molar-refractivity contribution < 1.29 is 10.2 Å². The first-order chi connectivity index (χ1) is 14.1. The molecule has 0 aromatic heterocycles. The predicted octanol–water partition coefficient (Wildman–Crippen LogP) is 7.22. The Bertz CT molecular complexity index is 575. The molecule has 1 aliphatic rings. The van der Waals surface area contributed by atoms with E-state index in [2.05, 4.69) is 62.1 Å². The Labute approximate surface area is 189 Å². The van der Waals surface area contributed by atoms with Gasteiger partial charge in [0.15, 0.2) is 0 Å². The average molecular weight is 437 g/mol. The lowest BCUT2D eigenvalue weighted by Gasteiger charge is -2.36. The molecule has 2 N–H and O–H groups in total. The second-order valence-corrected chi connectivity index (χ2v) is 10.8. The Hall–Kier alpha value is -0.430. The van der Waals surface area contributed by atoms with Gasteiger partial charge >= 0.3 is 0 Å². The highest BCUT2D eigenvalue weighted by molar-refractivity contribution is 7.18. The van der Waals surface area contributed by atoms with E-state index >= 15 is 0 Å². The summed E-state index contributed by atoms with van der Waals surface area (Å²) in [5.41, 5.74) is 4.92. The third-order valence-electron chi connectivity index (χ3n) is 7.05. The Morgan fingerprint density at radius 2 is 1.63 bits per heavy atom. The molecule has 0 amide bonds. The maximum atomic E-state index is 10.3. The standard InChI is InChI=1S/C27H49O2P/c1-19(10-7-11-20(2)14-9-15-22(4)28)12-8-13-21(3)16-17-25-18-26(29)23(5)24(6)27(25)30/h10,14,18,21-24,26-29H,7-9,11-13,15-17,30H2,1-6H3/b19-10+,20-14+. The zero-order valence-corrected chi connectivity index (χ0v) is 21.7. The topological polar surface area (TPSA) is 40.5 Å². The van der Waals surface area contributed by atoms with Crippen LogP contribution in [-0.4, -0.2) is 28.1 Å². The van der Waals surface area contributed by atoms with Gasteiger partial charge < -0.3 is 10.2 Å². The molecule has 30 heavy (non-hydrogen) atoms. The van der Waals surface area contributed by atoms with E-state index in [0.717, 1.165) is 38.0 Å². The maximum absolute atomic E-state index is 10.3. The van der Waals surface area contributed by atoms with E-state index in [1.165, 1.54) is 42.4 Å². The van der Waals surface area contributed by atoms with Gasteiger partial charge in [0.1, 0.15) is 0 Å². The molecule has 0 heterocycles. The number of aliphatic hydroxyl groups excluding tert-OH is 2. The predicted molar refractivity (Wildman–Crippen MR) is 136 cm³/mol. The van der Waals surface area contributed by atoms with Crippen LogP contribution >= 0.6 is 9.24 Å². The first-order valence-electron chi connectivity index (χ1n) is 12.2. The van der Waals surface area contributed by atoms with Crippen molar-refractivity contribution in [1.29, 1.82) is 0 Å². The summed E-state index contributed by atoms with van der Waals surface area (Å²) in [5.74, 6) is 1.62. The second-order valence-electron chi connectivity index (χ2n) is 10.1. The number of hydrogen-bond acceptors (Lipinski definition) is 2. The summed E-state index contributed by atoms with van der Waals surface area (Å²) in [6.07, 6.45) is 16.6. The van der Waals surface area contributed by atoms with Crippen LogP contribution in [0.25, 0.3) is 0 Å². The third-order valence-corrected chi connectivity index (χ3v) is 8.09. The van der Waals surface area contributed by atoms with Crippen LogP contribution in [0.3, 0.4) is 0 Å². The molecule has 7 unspecified atom stereocenters. The SMILES string of the molecule is C/C(=C\CCC(C)O)CC/C=C(\C)CCCC(C)CCC1=CC(O)C(C)C(C)C1P. The number of aliphatic hydroxyl groups is 2. The van der Waals surface area contributed by atoms with Gasteiger partial charge in [-0.3, -0.25) is 0 Å². The van der Waals surface area contributed by atoms with Crippen LogP contribution in [0.2, 0.25) is 0 Å². The Kier molecular flexibility index (Phi) is 13.4. The van der Waals surface area contributed by atoms with Gasteiger partial charge in [-0.15, -0.1) is 9.24 Å². The van der Waals surface area contributed by atoms with Crippen molar-refractivity contribution in [1.82, 2.24) is 0 Å². The Balaban J connectivity index is 2.25. The number of allylic oxidation sites excluding steroid dienone is 5. The van der Waals surface area contributed by atoms with Crippen molar-refractivity contribution in [2.24, 2.45) is 17.8 Å². The molecule has 7 atom stereocenters. The van der Waals surface area contributed by atoms with Crippen molar-refractivity contribution in [2.75, 3.05) is 0 Å². The van der Waals surface area contributed by atoms with Crippen LogP contribution in [0.1, 0.15) is 99.3 Å². The van der Waals surface area contributed by atoms with Crippen LogP contribution in [0, 0.1) is 17.8 Å². The van der Waals surface area contributed by atoms with Gasteiger partial charge in [0.2, 0.25) is 0 Å². The molecule has 0 fully saturated rings. The molecule has 2 nitrogen and oxygen atoms in total. The van der Waals surface area contributed by atoms with Gasteiger partial charge in [0, 0.05) is 0 Å². The van der Waals surface area contributed by atoms with E-state index in [1.807, 2.05) is 6.92 Å². The summed E-state index contributed by atoms with van der Waals surface area (Å²) in [4.78, 5) is 0. The fraction of sp³-hybridized carbons (Fsp3) is 0.778. The van der Waals surface area contributed by atoms with Crippen LogP contribution in [-0.2, 0) is 0 Å². The van der Waals surface area contributed by atoms with Crippen LogP contribution < -0.4 is 0 Å². The van der Waals surface area contributed by atoms with E-state index in [4.69, 9.17) is 0 Å². The summed E-state index contributed by atoms with van der Waals surface area (Å²) >= 11 is 0. The van der Waals surface area contributed by atoms with E-state index in [0.29, 0.717) is 17.5 Å². The lowest BCUT2D eigenvalue weighted by Crippen LogP contribution is -2.34. The van der Waals surface area contributed by atoms with Gasteiger partial charge in [-0.25, -0.2) is 0 Å². The zero-order valence-electron chi connectivity index (χ0n) is 20.5. The Morgan fingerprint density at radius 3 is 2.30 bits per heavy atom. The van der Waals surface area contributed by atoms with Crippen molar-refractivity contribution >= 4 is 9.24 Å². The van der Waals surface area contributed by atoms with Crippen LogP contribution in [0.4, 0.5) is 0 Å². The van der Waals surface area contributed by atoms with Crippen molar-refractivity contribution in [3.05, 3.63) is 34.9 Å². The van der Waals surface area contributed by atoms with Crippen LogP contribution in [0.5, 0.6) is 0 Å². The summed E-state index contributed by atoms with van der Waals surface area (Å²) in [5, 5.41) is 19.6. The number of rotatable bonds is 13. The highest BCUT2D eigenvalue weighted by Crippen LogP contribution is 2.37. The lowest BCUT2D eigenvalue weighted by atomic mass is 9.78. The molecule has 3 heteroatoms. The highest BCUT2D eigenvalue weighted by Gasteiger charge is 2.31. The summed E-state index contributed by atoms with van der Waals surface area (Å²) < 4.78 is 0. The molecule has 0 aliphatic heterocycles. The van der Waals surface area contributed by atoms with E-state index < -0.39 is 0 Å². The normalized spacial score (nSPS) is 27.7. The molecule has 0 aromatic carbocycles. The minimum Gasteiger partial charge on any atom is -0.393 e. The quantitative estimate of drug-likeness (QED) is 0.236. The molecular weight excluding hydrogens is 387 g/mol. The molecule has 0 aromatic rings. The fourth-order valence-electron chi connectivity index (χ4n) is 4.32. The van der Waals surface area contributed by atoms with Gasteiger partial charge in [-0.1, -0.05) is 62.1 Å². The largest absolute Gasteiger partial charge is 0.393 e. The molecule has 0 radical (unpaired) electrons. The van der Waals surface area contributed by atoms with Gasteiger partial charge in [-0.05, 0) is 95.6 Å². The summed E-state index contributed by atoms with van der Waals surface area (Å²) in [6.45, 7) is 13.1. The van der Waals surface area contributed by atoms with E-state index in [9.17, 15) is 10.2 Å². The summed E-state index contributed by atoms with van der Waals surface area (Å²) in [6, 6.07) is 0. The minimum absolute atomic E-state index is 0.195. The third kappa shape index (κ3) is 10.7. The van der Waals surface area contributed by atoms with Crippen molar-refractivity contribution in [3.63, 3.8) is 0 Å². The Morgan fingerprint density at radius 1 is 1.00 bits per heavy atom. The zero-order chi connectivity index (χ0) is 22.7. The first-order valence-corrected chi connectivity index (χ1v) is 12.9. The fourth-order valence-corrected chi connectivity index (χ4v) is 4.94. The second kappa shape index (κ2) is 14.6. The van der Waals surface area contributed by atoms with E-state index in [1.54, 1.807) is 0 Å². The van der Waals surface area contributed by atoms with Gasteiger partial charge in [0.25, 0.3) is 0 Å². The highest BCUT2D eigenvalue weighted by atomic mass is 31.0. The first kappa shape index (κ1) is 27.6. The molecule has 1 aliphatic carbocycles. The lowest BCUT2D eigenvalue weighted by molar-refractivity contribution is 0.118. The van der Waals surface area contributed by atoms with Gasteiger partial charge in [-0.2, -0.15) is 0 Å². The number of hydrogen-bond donors (Lipinski definition) is 2. The van der Waals surface area contributed by atoms with Crippen LogP contribution in [0.15, 0.2) is 34.9 Å². The minimum atomic E-state index is -0.272. The molecular formula is C27H49O2P. The molecule has 174 valence electrons. The van der Waals surface area contributed by atoms with Gasteiger partial charge in [0.05, 0.1) is 12.2 Å². The summed E-state index contributed by atoms with van der Waals surface area (Å²) in [7, 11) is 3.01. The maximum Gasteiger partial charge on any atom is 0.0752 e. The molecule has 0 saturated heterocycles. The molecule has 0 bridgehead atoms. The molecule has 1 rings (SSSR count). The molecule has 0 spiro atoms. The monoisotopic (exact) mass is 436 g/mol. The molecule has 0 saturated carbocycles. The average Bonchev–Trinajstić information content (AvgIpc) is 2.67. The van der Waals surface area contributed by atoms with Crippen molar-refractivity contribution in [2.45, 2.75) is 117 Å². The van der Waals surface area contributed by atoms with E-state index in [-0.39, 0.29) is 12.2 Å². The smallest absolute Gasteiger partial charge is 0.0752 e.